The molecule has 0 heterocycles. The number of fused-ring (bicyclic) bond motifs is 3. The van der Waals surface area contributed by atoms with Crippen molar-refractivity contribution in [3.05, 3.63) is 52.0 Å². The highest BCUT2D eigenvalue weighted by atomic mass is 79.9. The third-order valence-corrected chi connectivity index (χ3v) is 5.34. The maximum atomic E-state index is 12.3. The highest BCUT2D eigenvalue weighted by Crippen LogP contribution is 2.37. The number of carbonyl (C=O) groups excluding carboxylic acids is 1. The van der Waals surface area contributed by atoms with Crippen LogP contribution in [-0.2, 0) is 0 Å². The Hall–Kier alpha value is -0.740. The fourth-order valence-corrected chi connectivity index (χ4v) is 3.97. The molecule has 0 radical (unpaired) electrons. The summed E-state index contributed by atoms with van der Waals surface area (Å²) in [6.07, 6.45) is 2.02. The molecule has 3 rings (SSSR count). The van der Waals surface area contributed by atoms with E-state index in [-0.39, 0.29) is 11.1 Å². The van der Waals surface area contributed by atoms with Gasteiger partial charge in [-0.25, -0.2) is 0 Å². The lowest BCUT2D eigenvalue weighted by Crippen LogP contribution is -2.01. The number of carbonyl (C=O) groups is 1. The van der Waals surface area contributed by atoms with Gasteiger partial charge >= 0.3 is 0 Å². The van der Waals surface area contributed by atoms with E-state index < -0.39 is 0 Å². The van der Waals surface area contributed by atoms with Gasteiger partial charge in [0.25, 0.3) is 0 Å². The number of ketones is 1. The lowest BCUT2D eigenvalue weighted by molar-refractivity contribution is 0.102. The Morgan fingerprint density at radius 3 is 2.59 bits per heavy atom. The zero-order valence-electron chi connectivity index (χ0n) is 11.6. The number of halogens is 3. The third kappa shape index (κ3) is 2.76. The van der Waals surface area contributed by atoms with Crippen LogP contribution in [-0.4, -0.2) is 17.4 Å². The zero-order chi connectivity index (χ0) is 15.9. The average Bonchev–Trinajstić information content (AvgIpc) is 2.51. The molecule has 3 aromatic rings. The fraction of sp³-hybridized carbons (Fsp3) is 0.118. The minimum absolute atomic E-state index is 0.0416. The molecule has 0 unspecified atom stereocenters. The van der Waals surface area contributed by atoms with Gasteiger partial charge in [-0.2, -0.15) is 0 Å². The first-order valence-corrected chi connectivity index (χ1v) is 9.64. The minimum Gasteiger partial charge on any atom is -0.293 e. The van der Waals surface area contributed by atoms with Crippen molar-refractivity contribution in [2.24, 2.45) is 0 Å². The Kier molecular flexibility index (Phi) is 4.69. The number of rotatable bonds is 3. The summed E-state index contributed by atoms with van der Waals surface area (Å²) < 4.78 is 0. The van der Waals surface area contributed by atoms with Crippen molar-refractivity contribution in [3.8, 4) is 0 Å². The van der Waals surface area contributed by atoms with Crippen LogP contribution < -0.4 is 0 Å². The van der Waals surface area contributed by atoms with E-state index in [9.17, 15) is 4.79 Å². The van der Waals surface area contributed by atoms with Gasteiger partial charge in [0.1, 0.15) is 0 Å². The van der Waals surface area contributed by atoms with Gasteiger partial charge < -0.3 is 0 Å². The monoisotopic (exact) mass is 412 g/mol. The molecule has 22 heavy (non-hydrogen) atoms. The highest BCUT2D eigenvalue weighted by Gasteiger charge is 2.15. The van der Waals surface area contributed by atoms with Crippen LogP contribution in [0.5, 0.6) is 0 Å². The SMILES string of the molecule is CSc1ccc2c(C(=O)CBr)cc3cc(Cl)cc(Cl)c3c2c1. The lowest BCUT2D eigenvalue weighted by atomic mass is 9.95. The van der Waals surface area contributed by atoms with Crippen molar-refractivity contribution in [1.82, 2.24) is 0 Å². The molecule has 0 aliphatic carbocycles. The summed E-state index contributed by atoms with van der Waals surface area (Å²) in [5.74, 6) is 0.0416. The standard InChI is InChI=1S/C17H11BrCl2OS/c1-22-11-2-3-12-13(16(21)8-18)5-9-4-10(19)6-15(20)17(9)14(12)7-11/h2-7H,8H2,1H3. The van der Waals surface area contributed by atoms with Gasteiger partial charge in [0.2, 0.25) is 0 Å². The van der Waals surface area contributed by atoms with Crippen molar-refractivity contribution in [3.63, 3.8) is 0 Å². The predicted molar refractivity (Wildman–Crippen MR) is 101 cm³/mol. The summed E-state index contributed by atoms with van der Waals surface area (Å²) in [6.45, 7) is 0. The fourth-order valence-electron chi connectivity index (χ4n) is 2.62. The summed E-state index contributed by atoms with van der Waals surface area (Å²) in [7, 11) is 0. The smallest absolute Gasteiger partial charge is 0.174 e. The maximum Gasteiger partial charge on any atom is 0.174 e. The van der Waals surface area contributed by atoms with Crippen LogP contribution in [0.15, 0.2) is 41.3 Å². The summed E-state index contributed by atoms with van der Waals surface area (Å²) in [6, 6.07) is 11.5. The molecular formula is C17H11BrCl2OS. The molecule has 0 amide bonds. The van der Waals surface area contributed by atoms with E-state index >= 15 is 0 Å². The van der Waals surface area contributed by atoms with Gasteiger partial charge in [0.15, 0.2) is 5.78 Å². The summed E-state index contributed by atoms with van der Waals surface area (Å²) >= 11 is 17.4. The van der Waals surface area contributed by atoms with Gasteiger partial charge in [0, 0.05) is 20.9 Å². The van der Waals surface area contributed by atoms with Crippen LogP contribution in [0.25, 0.3) is 21.5 Å². The molecule has 0 aromatic heterocycles. The van der Waals surface area contributed by atoms with Crippen LogP contribution in [0.1, 0.15) is 10.4 Å². The second-order valence-corrected chi connectivity index (χ2v) is 7.16. The second kappa shape index (κ2) is 6.40. The molecule has 0 spiro atoms. The number of hydrogen-bond donors (Lipinski definition) is 0. The molecule has 0 N–H and O–H groups in total. The zero-order valence-corrected chi connectivity index (χ0v) is 15.5. The first kappa shape index (κ1) is 16.1. The molecule has 1 nitrogen and oxygen atoms in total. The average molecular weight is 414 g/mol. The van der Waals surface area contributed by atoms with Crippen LogP contribution in [0.3, 0.4) is 0 Å². The van der Waals surface area contributed by atoms with Crippen LogP contribution in [0, 0.1) is 0 Å². The molecule has 0 aliphatic rings. The highest BCUT2D eigenvalue weighted by molar-refractivity contribution is 9.09. The molecular weight excluding hydrogens is 403 g/mol. The normalized spacial score (nSPS) is 11.3. The first-order valence-electron chi connectivity index (χ1n) is 6.54. The molecule has 0 saturated carbocycles. The van der Waals surface area contributed by atoms with Gasteiger partial charge in [-0.1, -0.05) is 45.2 Å². The van der Waals surface area contributed by atoms with Crippen LogP contribution in [0.2, 0.25) is 10.0 Å². The van der Waals surface area contributed by atoms with E-state index in [0.717, 1.165) is 26.4 Å². The molecule has 3 aromatic carbocycles. The van der Waals surface area contributed by atoms with E-state index in [1.54, 1.807) is 17.8 Å². The molecule has 0 atom stereocenters. The number of Topliss-reactive ketones (excluding diaryl/α,β-unsaturated/α-hetero) is 1. The van der Waals surface area contributed by atoms with Crippen LogP contribution >= 0.6 is 50.9 Å². The quantitative estimate of drug-likeness (QED) is 0.208. The largest absolute Gasteiger partial charge is 0.293 e. The number of thioether (sulfide) groups is 1. The Morgan fingerprint density at radius 1 is 1.14 bits per heavy atom. The molecule has 0 aliphatic heterocycles. The summed E-state index contributed by atoms with van der Waals surface area (Å²) in [5.41, 5.74) is 0.686. The second-order valence-electron chi connectivity index (χ2n) is 4.88. The van der Waals surface area contributed by atoms with E-state index in [1.165, 1.54) is 0 Å². The van der Waals surface area contributed by atoms with E-state index in [4.69, 9.17) is 23.2 Å². The Bertz CT molecular complexity index is 908. The Balaban J connectivity index is 2.53. The van der Waals surface area contributed by atoms with Crippen LogP contribution in [0.4, 0.5) is 0 Å². The van der Waals surface area contributed by atoms with Crippen molar-refractivity contribution >= 4 is 78.2 Å². The minimum atomic E-state index is 0.0416. The molecule has 0 bridgehead atoms. The number of alkyl halides is 1. The van der Waals surface area contributed by atoms with Gasteiger partial charge in [-0.05, 0) is 52.7 Å². The molecule has 5 heteroatoms. The molecule has 0 fully saturated rings. The van der Waals surface area contributed by atoms with Gasteiger partial charge in [0.05, 0.1) is 10.4 Å². The molecule has 0 saturated heterocycles. The van der Waals surface area contributed by atoms with Crippen molar-refractivity contribution in [2.75, 3.05) is 11.6 Å². The maximum absolute atomic E-state index is 12.3. The van der Waals surface area contributed by atoms with E-state index in [2.05, 4.69) is 22.0 Å². The number of hydrogen-bond acceptors (Lipinski definition) is 2. The van der Waals surface area contributed by atoms with Crippen molar-refractivity contribution in [2.45, 2.75) is 4.90 Å². The topological polar surface area (TPSA) is 17.1 Å². The van der Waals surface area contributed by atoms with Crippen molar-refractivity contribution in [1.29, 1.82) is 0 Å². The lowest BCUT2D eigenvalue weighted by Gasteiger charge is -2.12. The summed E-state index contributed by atoms with van der Waals surface area (Å²) in [4.78, 5) is 13.4. The predicted octanol–water partition coefficient (Wildman–Crippen LogP) is 6.60. The van der Waals surface area contributed by atoms with E-state index in [1.807, 2.05) is 30.5 Å². The third-order valence-electron chi connectivity index (χ3n) is 3.59. The van der Waals surface area contributed by atoms with Gasteiger partial charge in [-0.15, -0.1) is 11.8 Å². The summed E-state index contributed by atoms with van der Waals surface area (Å²) in [5, 5.41) is 5.16. The van der Waals surface area contributed by atoms with Gasteiger partial charge in [-0.3, -0.25) is 4.79 Å². The van der Waals surface area contributed by atoms with Crippen molar-refractivity contribution < 1.29 is 4.79 Å². The van der Waals surface area contributed by atoms with E-state index in [0.29, 0.717) is 15.6 Å². The number of benzene rings is 3. The Labute approximate surface area is 151 Å². The Morgan fingerprint density at radius 2 is 1.91 bits per heavy atom. The molecule has 112 valence electrons. The first-order chi connectivity index (χ1) is 10.5.